The van der Waals surface area contributed by atoms with Gasteiger partial charge >= 0.3 is 5.97 Å². The van der Waals surface area contributed by atoms with Crippen molar-refractivity contribution in [2.24, 2.45) is 0 Å². The summed E-state index contributed by atoms with van der Waals surface area (Å²) in [5.74, 6) is -0.0281. The van der Waals surface area contributed by atoms with Gasteiger partial charge in [0.05, 0.1) is 0 Å². The van der Waals surface area contributed by atoms with Gasteiger partial charge in [0, 0.05) is 6.54 Å². The minimum Gasteiger partial charge on any atom is -0.443 e. The van der Waals surface area contributed by atoms with Crippen molar-refractivity contribution < 1.29 is 9.53 Å². The Balaban J connectivity index is 2.22. The number of piperidine rings is 1. The van der Waals surface area contributed by atoms with Crippen LogP contribution in [0.2, 0.25) is 0 Å². The number of hydrogen-bond acceptors (Lipinski definition) is 3. The molecule has 2 heterocycles. The maximum absolute atomic E-state index is 11.4. The van der Waals surface area contributed by atoms with Gasteiger partial charge < -0.3 is 4.74 Å². The highest BCUT2D eigenvalue weighted by molar-refractivity contribution is 5.78. The van der Waals surface area contributed by atoms with Crippen LogP contribution in [0.15, 0.2) is 0 Å². The molecule has 0 unspecified atom stereocenters. The molecule has 0 amide bonds. The lowest BCUT2D eigenvalue weighted by molar-refractivity contribution is -0.149. The molecule has 2 saturated heterocycles. The standard InChI is InChI=1S/C9H15NO2/c1-9(2)10-6-4-3-5-7(10)8(11)12-9/h7H,3-6H2,1-2H3/t7-/m0/s1. The predicted molar refractivity (Wildman–Crippen MR) is 44.5 cm³/mol. The molecular weight excluding hydrogens is 154 g/mol. The lowest BCUT2D eigenvalue weighted by Gasteiger charge is -2.34. The molecule has 0 radical (unpaired) electrons. The number of hydrogen-bond donors (Lipinski definition) is 0. The Labute approximate surface area is 72.7 Å². The Kier molecular flexibility index (Phi) is 1.65. The van der Waals surface area contributed by atoms with E-state index in [4.69, 9.17) is 4.74 Å². The summed E-state index contributed by atoms with van der Waals surface area (Å²) in [4.78, 5) is 13.5. The van der Waals surface area contributed by atoms with Crippen LogP contribution in [0.1, 0.15) is 33.1 Å². The summed E-state index contributed by atoms with van der Waals surface area (Å²) in [5, 5.41) is 0. The highest BCUT2D eigenvalue weighted by atomic mass is 16.6. The van der Waals surface area contributed by atoms with E-state index in [1.165, 1.54) is 6.42 Å². The van der Waals surface area contributed by atoms with Gasteiger partial charge in [0.2, 0.25) is 0 Å². The van der Waals surface area contributed by atoms with Gasteiger partial charge in [0.25, 0.3) is 0 Å². The van der Waals surface area contributed by atoms with E-state index in [1.54, 1.807) is 0 Å². The molecule has 0 spiro atoms. The Bertz CT molecular complexity index is 213. The van der Waals surface area contributed by atoms with E-state index in [2.05, 4.69) is 4.90 Å². The lowest BCUT2D eigenvalue weighted by atomic mass is 10.0. The Hall–Kier alpha value is -0.570. The molecule has 0 aromatic heterocycles. The summed E-state index contributed by atoms with van der Waals surface area (Å²) in [6.07, 6.45) is 3.32. The van der Waals surface area contributed by atoms with Gasteiger partial charge in [0.15, 0.2) is 5.72 Å². The Morgan fingerprint density at radius 3 is 2.92 bits per heavy atom. The fourth-order valence-electron chi connectivity index (χ4n) is 2.19. The zero-order chi connectivity index (χ0) is 8.77. The van der Waals surface area contributed by atoms with Crippen LogP contribution in [-0.2, 0) is 9.53 Å². The number of fused-ring (bicyclic) bond motifs is 1. The smallest absolute Gasteiger partial charge is 0.325 e. The van der Waals surface area contributed by atoms with Gasteiger partial charge in [-0.05, 0) is 26.7 Å². The summed E-state index contributed by atoms with van der Waals surface area (Å²) in [6.45, 7) is 4.94. The molecule has 0 aromatic rings. The molecular formula is C9H15NO2. The summed E-state index contributed by atoms with van der Waals surface area (Å²) in [7, 11) is 0. The third-order valence-corrected chi connectivity index (χ3v) is 2.82. The van der Waals surface area contributed by atoms with Crippen LogP contribution >= 0.6 is 0 Å². The normalized spacial score (nSPS) is 34.5. The monoisotopic (exact) mass is 169 g/mol. The zero-order valence-electron chi connectivity index (χ0n) is 7.67. The molecule has 0 aliphatic carbocycles. The second-order valence-corrected chi connectivity index (χ2v) is 4.07. The van der Waals surface area contributed by atoms with Crippen molar-refractivity contribution >= 4 is 5.97 Å². The fraction of sp³-hybridized carbons (Fsp3) is 0.889. The van der Waals surface area contributed by atoms with E-state index < -0.39 is 0 Å². The average molecular weight is 169 g/mol. The second-order valence-electron chi connectivity index (χ2n) is 4.07. The summed E-state index contributed by atoms with van der Waals surface area (Å²) >= 11 is 0. The number of esters is 1. The van der Waals surface area contributed by atoms with Gasteiger partial charge in [0.1, 0.15) is 6.04 Å². The van der Waals surface area contributed by atoms with Crippen LogP contribution in [0.4, 0.5) is 0 Å². The largest absolute Gasteiger partial charge is 0.443 e. The molecule has 0 bridgehead atoms. The van der Waals surface area contributed by atoms with Crippen molar-refractivity contribution in [1.29, 1.82) is 0 Å². The van der Waals surface area contributed by atoms with Gasteiger partial charge in [-0.3, -0.25) is 9.69 Å². The lowest BCUT2D eigenvalue weighted by Crippen LogP contribution is -2.46. The topological polar surface area (TPSA) is 29.5 Å². The SMILES string of the molecule is CC1(C)OC(=O)[C@@H]2CCCCN21. The number of nitrogens with zero attached hydrogens (tertiary/aromatic N) is 1. The van der Waals surface area contributed by atoms with Crippen molar-refractivity contribution in [3.05, 3.63) is 0 Å². The molecule has 0 N–H and O–H groups in total. The third kappa shape index (κ3) is 1.04. The number of ether oxygens (including phenoxy) is 1. The maximum Gasteiger partial charge on any atom is 0.325 e. The van der Waals surface area contributed by atoms with E-state index >= 15 is 0 Å². The van der Waals surface area contributed by atoms with Gasteiger partial charge in [-0.15, -0.1) is 0 Å². The highest BCUT2D eigenvalue weighted by Gasteiger charge is 2.47. The molecule has 0 aromatic carbocycles. The molecule has 1 atom stereocenters. The summed E-state index contributed by atoms with van der Waals surface area (Å²) < 4.78 is 5.28. The first-order valence-corrected chi connectivity index (χ1v) is 4.61. The summed E-state index contributed by atoms with van der Waals surface area (Å²) in [5.41, 5.74) is -0.359. The van der Waals surface area contributed by atoms with Crippen molar-refractivity contribution in [2.45, 2.75) is 44.9 Å². The highest BCUT2D eigenvalue weighted by Crippen LogP contribution is 2.33. The quantitative estimate of drug-likeness (QED) is 0.509. The first kappa shape index (κ1) is 8.05. The van der Waals surface area contributed by atoms with Crippen LogP contribution in [-0.4, -0.2) is 29.2 Å². The Morgan fingerprint density at radius 2 is 2.25 bits per heavy atom. The Morgan fingerprint density at radius 1 is 1.50 bits per heavy atom. The molecule has 2 aliphatic rings. The molecule has 2 aliphatic heterocycles. The average Bonchev–Trinajstić information content (AvgIpc) is 2.25. The zero-order valence-corrected chi connectivity index (χ0v) is 7.67. The first-order valence-electron chi connectivity index (χ1n) is 4.61. The van der Waals surface area contributed by atoms with Crippen LogP contribution < -0.4 is 0 Å². The molecule has 68 valence electrons. The number of carbonyl (C=O) groups excluding carboxylic acids is 1. The van der Waals surface area contributed by atoms with Crippen molar-refractivity contribution in [1.82, 2.24) is 4.90 Å². The maximum atomic E-state index is 11.4. The van der Waals surface area contributed by atoms with Gasteiger partial charge in [-0.25, -0.2) is 0 Å². The first-order chi connectivity index (χ1) is 5.61. The molecule has 3 nitrogen and oxygen atoms in total. The number of cyclic esters (lactones) is 1. The third-order valence-electron chi connectivity index (χ3n) is 2.82. The van der Waals surface area contributed by atoms with E-state index in [1.807, 2.05) is 13.8 Å². The molecule has 2 fully saturated rings. The summed E-state index contributed by atoms with van der Waals surface area (Å²) in [6, 6.07) is 0.0498. The predicted octanol–water partition coefficient (Wildman–Crippen LogP) is 1.13. The molecule has 2 rings (SSSR count). The number of rotatable bonds is 0. The van der Waals surface area contributed by atoms with Crippen LogP contribution in [0, 0.1) is 0 Å². The van der Waals surface area contributed by atoms with Crippen LogP contribution in [0.5, 0.6) is 0 Å². The molecule has 12 heavy (non-hydrogen) atoms. The van der Waals surface area contributed by atoms with Gasteiger partial charge in [-0.1, -0.05) is 6.42 Å². The fourth-order valence-corrected chi connectivity index (χ4v) is 2.19. The van der Waals surface area contributed by atoms with Crippen molar-refractivity contribution in [3.63, 3.8) is 0 Å². The molecule has 0 saturated carbocycles. The van der Waals surface area contributed by atoms with Crippen molar-refractivity contribution in [2.75, 3.05) is 6.54 Å². The van der Waals surface area contributed by atoms with Crippen LogP contribution in [0.3, 0.4) is 0 Å². The van der Waals surface area contributed by atoms with E-state index in [9.17, 15) is 4.79 Å². The minimum atomic E-state index is -0.359. The van der Waals surface area contributed by atoms with E-state index in [-0.39, 0.29) is 17.7 Å². The minimum absolute atomic E-state index is 0.0281. The number of carbonyl (C=O) groups is 1. The van der Waals surface area contributed by atoms with E-state index in [0.29, 0.717) is 0 Å². The van der Waals surface area contributed by atoms with E-state index in [0.717, 1.165) is 19.4 Å². The second kappa shape index (κ2) is 2.46. The molecule has 3 heteroatoms. The van der Waals surface area contributed by atoms with Crippen LogP contribution in [0.25, 0.3) is 0 Å². The van der Waals surface area contributed by atoms with Gasteiger partial charge in [-0.2, -0.15) is 0 Å². The van der Waals surface area contributed by atoms with Crippen molar-refractivity contribution in [3.8, 4) is 0 Å².